The number of pyridine rings is 1. The highest BCUT2D eigenvalue weighted by Gasteiger charge is 1.96. The van der Waals surface area contributed by atoms with Crippen LogP contribution < -0.4 is 0 Å². The largest absolute Gasteiger partial charge is 0.255 e. The summed E-state index contributed by atoms with van der Waals surface area (Å²) in [7, 11) is 0. The topological polar surface area (TPSA) is 12.9 Å². The second kappa shape index (κ2) is 6.36. The van der Waals surface area contributed by atoms with E-state index in [4.69, 9.17) is 0 Å². The van der Waals surface area contributed by atoms with Gasteiger partial charge in [-0.3, -0.25) is 4.98 Å². The van der Waals surface area contributed by atoms with Gasteiger partial charge in [-0.05, 0) is 28.1 Å². The minimum absolute atomic E-state index is 1.00. The number of hydrogen-bond acceptors (Lipinski definition) is 1. The Morgan fingerprint density at radius 2 is 1.60 bits per heavy atom. The zero-order chi connectivity index (χ0) is 11.1. The molecule has 15 heavy (non-hydrogen) atoms. The highest BCUT2D eigenvalue weighted by molar-refractivity contribution is 9.10. The summed E-state index contributed by atoms with van der Waals surface area (Å²) in [5.74, 6) is 0. The fourth-order valence-corrected chi connectivity index (χ4v) is 1.39. The summed E-state index contributed by atoms with van der Waals surface area (Å²) < 4.78 is 1.01. The lowest BCUT2D eigenvalue weighted by molar-refractivity contribution is 1.31. The predicted octanol–water partition coefficient (Wildman–Crippen LogP) is 4.54. The van der Waals surface area contributed by atoms with Gasteiger partial charge in [-0.15, -0.1) is 0 Å². The first-order valence-corrected chi connectivity index (χ1v) is 5.82. The van der Waals surface area contributed by atoms with Gasteiger partial charge < -0.3 is 0 Å². The van der Waals surface area contributed by atoms with Gasteiger partial charge in [0.1, 0.15) is 0 Å². The normalized spacial score (nSPS) is 9.00. The average molecular weight is 264 g/mol. The zero-order valence-electron chi connectivity index (χ0n) is 8.94. The van der Waals surface area contributed by atoms with Gasteiger partial charge in [-0.1, -0.05) is 44.2 Å². The van der Waals surface area contributed by atoms with Crippen LogP contribution in [0.3, 0.4) is 0 Å². The molecule has 2 heteroatoms. The van der Waals surface area contributed by atoms with Crippen LogP contribution in [0, 0.1) is 0 Å². The Hall–Kier alpha value is -1.15. The van der Waals surface area contributed by atoms with E-state index in [1.807, 2.05) is 50.4 Å². The van der Waals surface area contributed by atoms with Crippen molar-refractivity contribution in [3.8, 4) is 11.3 Å². The van der Waals surface area contributed by atoms with E-state index < -0.39 is 0 Å². The molecule has 78 valence electrons. The molecule has 0 bridgehead atoms. The van der Waals surface area contributed by atoms with Gasteiger partial charge in [-0.25, -0.2) is 0 Å². The van der Waals surface area contributed by atoms with Gasteiger partial charge in [0, 0.05) is 16.2 Å². The van der Waals surface area contributed by atoms with Crippen molar-refractivity contribution in [2.24, 2.45) is 0 Å². The van der Waals surface area contributed by atoms with Gasteiger partial charge >= 0.3 is 0 Å². The molecule has 0 amide bonds. The first-order chi connectivity index (χ1) is 7.36. The molecule has 0 saturated heterocycles. The van der Waals surface area contributed by atoms with Crippen molar-refractivity contribution < 1.29 is 0 Å². The van der Waals surface area contributed by atoms with Crippen molar-refractivity contribution in [3.05, 3.63) is 53.1 Å². The summed E-state index contributed by atoms with van der Waals surface area (Å²) in [6.45, 7) is 4.00. The molecule has 0 atom stereocenters. The summed E-state index contributed by atoms with van der Waals surface area (Å²) in [6, 6.07) is 14.1. The molecule has 0 N–H and O–H groups in total. The lowest BCUT2D eigenvalue weighted by Crippen LogP contribution is -1.81. The zero-order valence-corrected chi connectivity index (χ0v) is 10.5. The first-order valence-electron chi connectivity index (χ1n) is 5.03. The van der Waals surface area contributed by atoms with Crippen LogP contribution in [-0.4, -0.2) is 4.98 Å². The molecule has 2 rings (SSSR count). The van der Waals surface area contributed by atoms with E-state index in [0.29, 0.717) is 0 Å². The van der Waals surface area contributed by atoms with Gasteiger partial charge in [0.05, 0.1) is 5.69 Å². The Morgan fingerprint density at radius 3 is 2.13 bits per heavy atom. The summed E-state index contributed by atoms with van der Waals surface area (Å²) in [4.78, 5) is 4.30. The van der Waals surface area contributed by atoms with Gasteiger partial charge in [-0.2, -0.15) is 0 Å². The van der Waals surface area contributed by atoms with Crippen LogP contribution in [0.1, 0.15) is 13.8 Å². The molecule has 0 radical (unpaired) electrons. The molecule has 0 unspecified atom stereocenters. The average Bonchev–Trinajstić information content (AvgIpc) is 2.34. The van der Waals surface area contributed by atoms with E-state index in [1.165, 1.54) is 0 Å². The molecule has 0 aliphatic rings. The minimum Gasteiger partial charge on any atom is -0.255 e. The van der Waals surface area contributed by atoms with E-state index in [9.17, 15) is 0 Å². The Morgan fingerprint density at radius 1 is 0.933 bits per heavy atom. The van der Waals surface area contributed by atoms with Gasteiger partial charge in [0.25, 0.3) is 0 Å². The molecule has 1 nitrogen and oxygen atoms in total. The SMILES string of the molecule is Brc1ccc(-c2ccccc2)nc1.CC. The maximum absolute atomic E-state index is 4.30. The fraction of sp³-hybridized carbons (Fsp3) is 0.154. The fourth-order valence-electron chi connectivity index (χ4n) is 1.16. The van der Waals surface area contributed by atoms with E-state index in [-0.39, 0.29) is 0 Å². The summed E-state index contributed by atoms with van der Waals surface area (Å²) in [6.07, 6.45) is 1.81. The maximum Gasteiger partial charge on any atom is 0.0702 e. The minimum atomic E-state index is 1.00. The molecular formula is C13H14BrN. The number of halogens is 1. The Kier molecular flexibility index (Phi) is 5.05. The van der Waals surface area contributed by atoms with Crippen LogP contribution in [0.4, 0.5) is 0 Å². The lowest BCUT2D eigenvalue weighted by atomic mass is 10.1. The Labute approximate surface area is 99.3 Å². The monoisotopic (exact) mass is 263 g/mol. The summed E-state index contributed by atoms with van der Waals surface area (Å²) >= 11 is 3.36. The van der Waals surface area contributed by atoms with E-state index in [2.05, 4.69) is 33.0 Å². The van der Waals surface area contributed by atoms with E-state index in [0.717, 1.165) is 15.7 Å². The number of hydrogen-bond donors (Lipinski definition) is 0. The third-order valence-electron chi connectivity index (χ3n) is 1.80. The van der Waals surface area contributed by atoms with Crippen LogP contribution in [0.5, 0.6) is 0 Å². The summed E-state index contributed by atoms with van der Waals surface area (Å²) in [5, 5.41) is 0. The van der Waals surface area contributed by atoms with Gasteiger partial charge in [0.15, 0.2) is 0 Å². The van der Waals surface area contributed by atoms with Crippen molar-refractivity contribution >= 4 is 15.9 Å². The molecular weight excluding hydrogens is 250 g/mol. The number of nitrogens with zero attached hydrogens (tertiary/aromatic N) is 1. The molecule has 1 aromatic carbocycles. The molecule has 0 aliphatic heterocycles. The molecule has 1 heterocycles. The third kappa shape index (κ3) is 3.48. The van der Waals surface area contributed by atoms with Crippen molar-refractivity contribution in [2.75, 3.05) is 0 Å². The predicted molar refractivity (Wildman–Crippen MR) is 68.7 cm³/mol. The number of rotatable bonds is 1. The molecule has 1 aromatic heterocycles. The molecule has 0 saturated carbocycles. The standard InChI is InChI=1S/C11H8BrN.C2H6/c12-10-6-7-11(13-8-10)9-4-2-1-3-5-9;1-2/h1-8H;1-2H3. The summed E-state index contributed by atoms with van der Waals surface area (Å²) in [5.41, 5.74) is 2.15. The third-order valence-corrected chi connectivity index (χ3v) is 2.27. The number of aromatic nitrogens is 1. The Balaban J connectivity index is 0.000000531. The first kappa shape index (κ1) is 11.9. The van der Waals surface area contributed by atoms with Crippen molar-refractivity contribution in [3.63, 3.8) is 0 Å². The van der Waals surface area contributed by atoms with Crippen molar-refractivity contribution in [1.29, 1.82) is 0 Å². The van der Waals surface area contributed by atoms with Crippen molar-refractivity contribution in [1.82, 2.24) is 4.98 Å². The van der Waals surface area contributed by atoms with Gasteiger partial charge in [0.2, 0.25) is 0 Å². The quantitative estimate of drug-likeness (QED) is 0.737. The molecule has 0 aliphatic carbocycles. The molecule has 2 aromatic rings. The maximum atomic E-state index is 4.30. The van der Waals surface area contributed by atoms with Crippen molar-refractivity contribution in [2.45, 2.75) is 13.8 Å². The van der Waals surface area contributed by atoms with Crippen LogP contribution in [0.2, 0.25) is 0 Å². The van der Waals surface area contributed by atoms with E-state index >= 15 is 0 Å². The van der Waals surface area contributed by atoms with Crippen LogP contribution in [0.15, 0.2) is 53.1 Å². The van der Waals surface area contributed by atoms with Crippen LogP contribution in [0.25, 0.3) is 11.3 Å². The van der Waals surface area contributed by atoms with E-state index in [1.54, 1.807) is 0 Å². The molecule has 0 fully saturated rings. The smallest absolute Gasteiger partial charge is 0.0702 e. The number of benzene rings is 1. The second-order valence-electron chi connectivity index (χ2n) is 2.73. The lowest BCUT2D eigenvalue weighted by Gasteiger charge is -1.99. The van der Waals surface area contributed by atoms with Crippen LogP contribution >= 0.6 is 15.9 Å². The Bertz CT molecular complexity index is 381. The highest BCUT2D eigenvalue weighted by Crippen LogP contribution is 2.17. The van der Waals surface area contributed by atoms with Crippen LogP contribution in [-0.2, 0) is 0 Å². The molecule has 0 spiro atoms. The second-order valence-corrected chi connectivity index (χ2v) is 3.64. The highest BCUT2D eigenvalue weighted by atomic mass is 79.9.